The Labute approximate surface area is 119 Å². The average molecular weight is 273 g/mol. The highest BCUT2D eigenvalue weighted by Crippen LogP contribution is 2.28. The Morgan fingerprint density at radius 1 is 1.10 bits per heavy atom. The van der Waals surface area contributed by atoms with Crippen molar-refractivity contribution in [2.45, 2.75) is 26.3 Å². The molecule has 0 heterocycles. The van der Waals surface area contributed by atoms with E-state index in [0.717, 1.165) is 5.75 Å². The molecule has 2 aromatic rings. The van der Waals surface area contributed by atoms with Crippen molar-refractivity contribution in [3.63, 3.8) is 0 Å². The van der Waals surface area contributed by atoms with Crippen LogP contribution in [0.5, 0.6) is 11.5 Å². The topological polar surface area (TPSA) is 21.3 Å². The zero-order valence-electron chi connectivity index (χ0n) is 12.1. The first kappa shape index (κ1) is 14.5. The van der Waals surface area contributed by atoms with Crippen molar-refractivity contribution in [2.24, 2.45) is 0 Å². The molecule has 0 spiro atoms. The maximum absolute atomic E-state index is 13.8. The largest absolute Gasteiger partial charge is 0.457 e. The smallest absolute Gasteiger partial charge is 0.134 e. The second-order valence-electron chi connectivity index (χ2n) is 5.07. The van der Waals surface area contributed by atoms with E-state index >= 15 is 0 Å². The third-order valence-electron chi connectivity index (χ3n) is 3.20. The van der Waals surface area contributed by atoms with Gasteiger partial charge in [0.05, 0.1) is 0 Å². The minimum atomic E-state index is -0.254. The van der Waals surface area contributed by atoms with Gasteiger partial charge in [-0.15, -0.1) is 0 Å². The molecule has 0 saturated carbocycles. The van der Waals surface area contributed by atoms with Crippen LogP contribution in [-0.4, -0.2) is 7.05 Å². The monoisotopic (exact) mass is 273 g/mol. The molecule has 0 saturated heterocycles. The molecule has 0 unspecified atom stereocenters. The zero-order chi connectivity index (χ0) is 14.5. The molecule has 3 heteroatoms. The van der Waals surface area contributed by atoms with Gasteiger partial charge in [-0.3, -0.25) is 0 Å². The van der Waals surface area contributed by atoms with Crippen molar-refractivity contribution in [3.05, 3.63) is 59.4 Å². The fourth-order valence-corrected chi connectivity index (χ4v) is 2.03. The molecule has 1 N–H and O–H groups in total. The van der Waals surface area contributed by atoms with Crippen LogP contribution >= 0.6 is 0 Å². The standard InChI is InChI=1S/C17H20FNO/c1-12(2)13-7-9-14(10-8-13)20-17-6-4-5-16(18)15(17)11-19-3/h4-10,12,19H,11H2,1-3H3. The highest BCUT2D eigenvalue weighted by atomic mass is 19.1. The van der Waals surface area contributed by atoms with Gasteiger partial charge in [0.1, 0.15) is 17.3 Å². The average Bonchev–Trinajstić information content (AvgIpc) is 2.43. The summed E-state index contributed by atoms with van der Waals surface area (Å²) in [6, 6.07) is 12.8. The second kappa shape index (κ2) is 6.53. The number of ether oxygens (including phenoxy) is 1. The van der Waals surface area contributed by atoms with Gasteiger partial charge in [0.15, 0.2) is 0 Å². The molecule has 0 aliphatic carbocycles. The van der Waals surface area contributed by atoms with Gasteiger partial charge >= 0.3 is 0 Å². The Morgan fingerprint density at radius 3 is 2.40 bits per heavy atom. The number of rotatable bonds is 5. The predicted molar refractivity (Wildman–Crippen MR) is 79.8 cm³/mol. The summed E-state index contributed by atoms with van der Waals surface area (Å²) >= 11 is 0. The molecule has 0 aliphatic heterocycles. The molecule has 2 aromatic carbocycles. The van der Waals surface area contributed by atoms with Crippen molar-refractivity contribution in [1.82, 2.24) is 5.32 Å². The zero-order valence-corrected chi connectivity index (χ0v) is 12.1. The van der Waals surface area contributed by atoms with Crippen LogP contribution in [0, 0.1) is 5.82 Å². The van der Waals surface area contributed by atoms with Crippen LogP contribution in [0.15, 0.2) is 42.5 Å². The summed E-state index contributed by atoms with van der Waals surface area (Å²) in [7, 11) is 1.79. The molecule has 0 atom stereocenters. The lowest BCUT2D eigenvalue weighted by atomic mass is 10.0. The molecule has 0 radical (unpaired) electrons. The number of nitrogens with one attached hydrogen (secondary N) is 1. The van der Waals surface area contributed by atoms with E-state index in [4.69, 9.17) is 4.74 Å². The first-order chi connectivity index (χ1) is 9.61. The van der Waals surface area contributed by atoms with Crippen molar-refractivity contribution in [1.29, 1.82) is 0 Å². The highest BCUT2D eigenvalue weighted by molar-refractivity contribution is 5.39. The summed E-state index contributed by atoms with van der Waals surface area (Å²) in [6.45, 7) is 4.73. The molecular formula is C17H20FNO. The first-order valence-electron chi connectivity index (χ1n) is 6.81. The fourth-order valence-electron chi connectivity index (χ4n) is 2.03. The molecule has 0 aliphatic rings. The van der Waals surface area contributed by atoms with Crippen LogP contribution in [0.2, 0.25) is 0 Å². The third-order valence-corrected chi connectivity index (χ3v) is 3.20. The Kier molecular flexibility index (Phi) is 4.74. The minimum absolute atomic E-state index is 0.254. The van der Waals surface area contributed by atoms with Gasteiger partial charge in [0.2, 0.25) is 0 Å². The van der Waals surface area contributed by atoms with Crippen LogP contribution < -0.4 is 10.1 Å². The number of hydrogen-bond donors (Lipinski definition) is 1. The molecule has 2 rings (SSSR count). The molecule has 0 aromatic heterocycles. The minimum Gasteiger partial charge on any atom is -0.457 e. The molecule has 0 fully saturated rings. The van der Waals surface area contributed by atoms with E-state index in [1.165, 1.54) is 11.6 Å². The first-order valence-corrected chi connectivity index (χ1v) is 6.81. The van der Waals surface area contributed by atoms with Crippen LogP contribution in [0.25, 0.3) is 0 Å². The summed E-state index contributed by atoms with van der Waals surface area (Å²) in [4.78, 5) is 0. The van der Waals surface area contributed by atoms with E-state index in [-0.39, 0.29) is 5.82 Å². The Bertz CT molecular complexity index is 564. The van der Waals surface area contributed by atoms with Crippen molar-refractivity contribution in [2.75, 3.05) is 7.05 Å². The Hall–Kier alpha value is -1.87. The lowest BCUT2D eigenvalue weighted by Gasteiger charge is -2.12. The number of benzene rings is 2. The lowest BCUT2D eigenvalue weighted by molar-refractivity contribution is 0.464. The molecule has 0 bridgehead atoms. The van der Waals surface area contributed by atoms with Crippen molar-refractivity contribution < 1.29 is 9.13 Å². The van der Waals surface area contributed by atoms with Gasteiger partial charge in [-0.25, -0.2) is 4.39 Å². The predicted octanol–water partition coefficient (Wildman–Crippen LogP) is 4.46. The summed E-state index contributed by atoms with van der Waals surface area (Å²) in [5.74, 6) is 1.50. The van der Waals surface area contributed by atoms with Crippen LogP contribution in [-0.2, 0) is 6.54 Å². The highest BCUT2D eigenvalue weighted by Gasteiger charge is 2.09. The molecule has 20 heavy (non-hydrogen) atoms. The normalized spacial score (nSPS) is 10.8. The van der Waals surface area contributed by atoms with Crippen molar-refractivity contribution >= 4 is 0 Å². The molecule has 2 nitrogen and oxygen atoms in total. The van der Waals surface area contributed by atoms with E-state index in [1.807, 2.05) is 24.3 Å². The van der Waals surface area contributed by atoms with Crippen LogP contribution in [0.1, 0.15) is 30.9 Å². The maximum Gasteiger partial charge on any atom is 0.134 e. The number of halogens is 1. The Balaban J connectivity index is 2.23. The lowest BCUT2D eigenvalue weighted by Crippen LogP contribution is -2.08. The molecule has 106 valence electrons. The summed E-state index contributed by atoms with van der Waals surface area (Å²) in [5, 5.41) is 2.96. The van der Waals surface area contributed by atoms with Crippen LogP contribution in [0.3, 0.4) is 0 Å². The number of hydrogen-bond acceptors (Lipinski definition) is 2. The van der Waals surface area contributed by atoms with Gasteiger partial charge in [0.25, 0.3) is 0 Å². The third kappa shape index (κ3) is 3.36. The quantitative estimate of drug-likeness (QED) is 0.868. The van der Waals surface area contributed by atoms with E-state index in [0.29, 0.717) is 23.8 Å². The van der Waals surface area contributed by atoms with Crippen molar-refractivity contribution in [3.8, 4) is 11.5 Å². The van der Waals surface area contributed by atoms with Gasteiger partial charge in [-0.05, 0) is 42.8 Å². The SMILES string of the molecule is CNCc1c(F)cccc1Oc1ccc(C(C)C)cc1. The summed E-state index contributed by atoms with van der Waals surface area (Å²) < 4.78 is 19.6. The van der Waals surface area contributed by atoms with Crippen LogP contribution in [0.4, 0.5) is 4.39 Å². The van der Waals surface area contributed by atoms with Gasteiger partial charge < -0.3 is 10.1 Å². The summed E-state index contributed by atoms with van der Waals surface area (Å²) in [6.07, 6.45) is 0. The van der Waals surface area contributed by atoms with Gasteiger partial charge in [-0.2, -0.15) is 0 Å². The molecular weight excluding hydrogens is 253 g/mol. The second-order valence-corrected chi connectivity index (χ2v) is 5.07. The van der Waals surface area contributed by atoms with E-state index in [9.17, 15) is 4.39 Å². The fraction of sp³-hybridized carbons (Fsp3) is 0.294. The van der Waals surface area contributed by atoms with E-state index in [2.05, 4.69) is 19.2 Å². The summed E-state index contributed by atoms with van der Waals surface area (Å²) in [5.41, 5.74) is 1.80. The van der Waals surface area contributed by atoms with Gasteiger partial charge in [-0.1, -0.05) is 32.0 Å². The molecule has 0 amide bonds. The Morgan fingerprint density at radius 2 is 1.80 bits per heavy atom. The maximum atomic E-state index is 13.8. The van der Waals surface area contributed by atoms with Gasteiger partial charge in [0, 0.05) is 12.1 Å². The van der Waals surface area contributed by atoms with E-state index < -0.39 is 0 Å². The van der Waals surface area contributed by atoms with E-state index in [1.54, 1.807) is 19.2 Å².